The van der Waals surface area contributed by atoms with Gasteiger partial charge in [-0.15, -0.1) is 29.7 Å². The zero-order valence-electron chi connectivity index (χ0n) is 14.5. The largest absolute Gasteiger partial charge is 0.333 e. The maximum atomic E-state index is 12.4. The molecule has 0 aliphatic rings. The Morgan fingerprint density at radius 2 is 2.12 bits per heavy atom. The normalized spacial score (nSPS) is 10.4. The van der Waals surface area contributed by atoms with Gasteiger partial charge >= 0.3 is 0 Å². The minimum Gasteiger partial charge on any atom is -0.333 e. The first-order valence-electron chi connectivity index (χ1n) is 8.05. The van der Waals surface area contributed by atoms with Gasteiger partial charge in [0.1, 0.15) is 0 Å². The molecule has 0 aliphatic heterocycles. The Morgan fingerprint density at radius 3 is 2.77 bits per heavy atom. The molecule has 4 nitrogen and oxygen atoms in total. The molecule has 0 unspecified atom stereocenters. The summed E-state index contributed by atoms with van der Waals surface area (Å²) in [6, 6.07) is 11.4. The number of carbonyl (C=O) groups excluding carboxylic acids is 2. The number of benzene rings is 1. The number of amides is 2. The Hall–Kier alpha value is -1.76. The molecule has 0 atom stereocenters. The zero-order chi connectivity index (χ0) is 18.9. The summed E-state index contributed by atoms with van der Waals surface area (Å²) in [4.78, 5) is 27.2. The molecule has 0 spiro atoms. The van der Waals surface area contributed by atoms with Gasteiger partial charge in [-0.2, -0.15) is 0 Å². The number of nitrogens with one attached hydrogen (secondary N) is 1. The highest BCUT2D eigenvalue weighted by atomic mass is 35.5. The lowest BCUT2D eigenvalue weighted by Gasteiger charge is -2.20. The van der Waals surface area contributed by atoms with Crippen molar-refractivity contribution in [2.45, 2.75) is 13.5 Å². The molecule has 1 N–H and O–H groups in total. The van der Waals surface area contributed by atoms with Crippen molar-refractivity contribution in [1.82, 2.24) is 4.90 Å². The van der Waals surface area contributed by atoms with E-state index in [1.807, 2.05) is 43.3 Å². The molecule has 7 heteroatoms. The maximum Gasteiger partial charge on any atom is 0.234 e. The molecule has 0 bridgehead atoms. The van der Waals surface area contributed by atoms with E-state index in [0.717, 1.165) is 16.1 Å². The van der Waals surface area contributed by atoms with E-state index >= 15 is 0 Å². The number of nitrogens with zero attached hydrogens (tertiary/aromatic N) is 1. The summed E-state index contributed by atoms with van der Waals surface area (Å²) in [6.07, 6.45) is 1.70. The van der Waals surface area contributed by atoms with E-state index in [1.165, 1.54) is 23.1 Å². The third-order valence-corrected chi connectivity index (χ3v) is 5.57. The van der Waals surface area contributed by atoms with Gasteiger partial charge in [-0.3, -0.25) is 9.59 Å². The van der Waals surface area contributed by atoms with Crippen LogP contribution in [0.2, 0.25) is 4.34 Å². The van der Waals surface area contributed by atoms with Crippen molar-refractivity contribution in [3.8, 4) is 0 Å². The summed E-state index contributed by atoms with van der Waals surface area (Å²) in [5.74, 6) is 0.331. The van der Waals surface area contributed by atoms with Crippen LogP contribution in [0.4, 0.5) is 5.69 Å². The average Bonchev–Trinajstić information content (AvgIpc) is 2.99. The van der Waals surface area contributed by atoms with Gasteiger partial charge in [0.2, 0.25) is 11.8 Å². The Kier molecular flexibility index (Phi) is 8.22. The van der Waals surface area contributed by atoms with Crippen LogP contribution in [0, 0.1) is 6.92 Å². The minimum absolute atomic E-state index is 0.0252. The van der Waals surface area contributed by atoms with Crippen molar-refractivity contribution < 1.29 is 9.59 Å². The van der Waals surface area contributed by atoms with Gasteiger partial charge in [0, 0.05) is 17.1 Å². The predicted molar refractivity (Wildman–Crippen MR) is 112 cm³/mol. The molecule has 0 fully saturated rings. The highest BCUT2D eigenvalue weighted by Crippen LogP contribution is 2.23. The topological polar surface area (TPSA) is 49.4 Å². The quantitative estimate of drug-likeness (QED) is 0.617. The maximum absolute atomic E-state index is 12.4. The summed E-state index contributed by atoms with van der Waals surface area (Å²) < 4.78 is 0.702. The Morgan fingerprint density at radius 1 is 1.31 bits per heavy atom. The third-order valence-electron chi connectivity index (χ3n) is 3.44. The van der Waals surface area contributed by atoms with Crippen molar-refractivity contribution in [3.05, 3.63) is 63.8 Å². The van der Waals surface area contributed by atoms with Gasteiger partial charge in [-0.05, 0) is 36.8 Å². The van der Waals surface area contributed by atoms with Crippen LogP contribution in [0.25, 0.3) is 0 Å². The van der Waals surface area contributed by atoms with Crippen LogP contribution < -0.4 is 5.32 Å². The Balaban J connectivity index is 1.79. The molecular formula is C19H21ClN2O2S2. The monoisotopic (exact) mass is 408 g/mol. The molecule has 0 saturated carbocycles. The van der Waals surface area contributed by atoms with E-state index in [-0.39, 0.29) is 23.3 Å². The Bertz CT molecular complexity index is 776. The average molecular weight is 409 g/mol. The number of rotatable bonds is 9. The summed E-state index contributed by atoms with van der Waals surface area (Å²) in [6.45, 7) is 6.64. The van der Waals surface area contributed by atoms with Crippen LogP contribution >= 0.6 is 34.7 Å². The molecule has 1 heterocycles. The smallest absolute Gasteiger partial charge is 0.234 e. The number of aryl methyl sites for hydroxylation is 1. The van der Waals surface area contributed by atoms with E-state index in [4.69, 9.17) is 11.6 Å². The predicted octanol–water partition coefficient (Wildman–Crippen LogP) is 4.60. The molecule has 0 radical (unpaired) electrons. The van der Waals surface area contributed by atoms with Gasteiger partial charge in [0.25, 0.3) is 0 Å². The van der Waals surface area contributed by atoms with Crippen LogP contribution in [-0.2, 0) is 16.1 Å². The number of thiophene rings is 1. The van der Waals surface area contributed by atoms with Crippen LogP contribution in [0.1, 0.15) is 10.4 Å². The lowest BCUT2D eigenvalue weighted by atomic mass is 10.2. The molecule has 1 aromatic carbocycles. The lowest BCUT2D eigenvalue weighted by Crippen LogP contribution is -2.32. The molecule has 0 aliphatic carbocycles. The summed E-state index contributed by atoms with van der Waals surface area (Å²) in [7, 11) is 0. The van der Waals surface area contributed by atoms with Crippen molar-refractivity contribution in [1.29, 1.82) is 0 Å². The van der Waals surface area contributed by atoms with E-state index in [9.17, 15) is 9.59 Å². The SMILES string of the molecule is C=CCN(Cc1ccc(Cl)s1)C(=O)CSCC(=O)Nc1cccc(C)c1. The van der Waals surface area contributed by atoms with Gasteiger partial charge in [-0.1, -0.05) is 29.8 Å². The number of carbonyl (C=O) groups is 2. The fraction of sp³-hybridized carbons (Fsp3) is 0.263. The second kappa shape index (κ2) is 10.4. The molecule has 138 valence electrons. The highest BCUT2D eigenvalue weighted by Gasteiger charge is 2.15. The van der Waals surface area contributed by atoms with E-state index < -0.39 is 0 Å². The summed E-state index contributed by atoms with van der Waals surface area (Å²) >= 11 is 8.70. The summed E-state index contributed by atoms with van der Waals surface area (Å²) in [5, 5.41) is 2.84. The van der Waals surface area contributed by atoms with Gasteiger partial charge in [-0.25, -0.2) is 0 Å². The van der Waals surface area contributed by atoms with Gasteiger partial charge < -0.3 is 10.2 Å². The zero-order valence-corrected chi connectivity index (χ0v) is 16.9. The van der Waals surface area contributed by atoms with Crippen LogP contribution in [0.15, 0.2) is 49.1 Å². The third kappa shape index (κ3) is 6.86. The van der Waals surface area contributed by atoms with E-state index in [1.54, 1.807) is 11.0 Å². The number of thioether (sulfide) groups is 1. The molecule has 2 aromatic rings. The van der Waals surface area contributed by atoms with Crippen molar-refractivity contribution in [2.24, 2.45) is 0 Å². The standard InChI is InChI=1S/C19H21ClN2O2S2/c1-3-9-22(11-16-7-8-17(20)26-16)19(24)13-25-12-18(23)21-15-6-4-5-14(2)10-15/h3-8,10H,1,9,11-13H2,2H3,(H,21,23). The van der Waals surface area contributed by atoms with Crippen molar-refractivity contribution in [3.63, 3.8) is 0 Å². The molecule has 0 saturated heterocycles. The van der Waals surface area contributed by atoms with E-state index in [0.29, 0.717) is 17.4 Å². The van der Waals surface area contributed by atoms with Crippen LogP contribution in [-0.4, -0.2) is 34.8 Å². The van der Waals surface area contributed by atoms with E-state index in [2.05, 4.69) is 11.9 Å². The fourth-order valence-corrected chi connectivity index (χ4v) is 4.10. The lowest BCUT2D eigenvalue weighted by molar-refractivity contribution is -0.128. The van der Waals surface area contributed by atoms with Crippen molar-refractivity contribution >= 4 is 52.2 Å². The highest BCUT2D eigenvalue weighted by molar-refractivity contribution is 8.00. The minimum atomic E-state index is -0.117. The summed E-state index contributed by atoms with van der Waals surface area (Å²) in [5.41, 5.74) is 1.85. The van der Waals surface area contributed by atoms with Gasteiger partial charge in [0.15, 0.2) is 0 Å². The first kappa shape index (κ1) is 20.6. The number of hydrogen-bond acceptors (Lipinski definition) is 4. The first-order valence-corrected chi connectivity index (χ1v) is 10.4. The van der Waals surface area contributed by atoms with Crippen LogP contribution in [0.5, 0.6) is 0 Å². The molecule has 2 rings (SSSR count). The fourth-order valence-electron chi connectivity index (χ4n) is 2.28. The number of anilines is 1. The van der Waals surface area contributed by atoms with Gasteiger partial charge in [0.05, 0.1) is 22.4 Å². The molecule has 1 aromatic heterocycles. The molecular weight excluding hydrogens is 388 g/mol. The Labute approximate surface area is 167 Å². The molecule has 2 amide bonds. The van der Waals surface area contributed by atoms with Crippen molar-refractivity contribution in [2.75, 3.05) is 23.4 Å². The number of hydrogen-bond donors (Lipinski definition) is 1. The van der Waals surface area contributed by atoms with Crippen LogP contribution in [0.3, 0.4) is 0 Å². The second-order valence-corrected chi connectivity index (χ2v) is 8.46. The second-order valence-electron chi connectivity index (χ2n) is 5.68. The molecule has 26 heavy (non-hydrogen) atoms. The number of halogens is 1. The first-order chi connectivity index (χ1) is 12.5.